The first-order chi connectivity index (χ1) is 9.95. The van der Waals surface area contributed by atoms with Crippen molar-refractivity contribution < 1.29 is 13.3 Å². The molecular formula is C14H12ClF2N3O. The molecule has 21 heavy (non-hydrogen) atoms. The van der Waals surface area contributed by atoms with Crippen molar-refractivity contribution in [2.24, 2.45) is 0 Å². The number of fused-ring (bicyclic) bond motifs is 1. The Morgan fingerprint density at radius 3 is 2.71 bits per heavy atom. The van der Waals surface area contributed by atoms with E-state index in [9.17, 15) is 8.78 Å². The number of benzene rings is 1. The maximum Gasteiger partial charge on any atom is 0.153 e. The quantitative estimate of drug-likeness (QED) is 0.688. The highest BCUT2D eigenvalue weighted by atomic mass is 35.5. The summed E-state index contributed by atoms with van der Waals surface area (Å²) in [6.07, 6.45) is 0. The van der Waals surface area contributed by atoms with Gasteiger partial charge in [0.05, 0.1) is 17.4 Å². The molecule has 1 aromatic carbocycles. The zero-order valence-corrected chi connectivity index (χ0v) is 12.2. The van der Waals surface area contributed by atoms with Gasteiger partial charge in [-0.2, -0.15) is 0 Å². The Morgan fingerprint density at radius 2 is 2.10 bits per heavy atom. The van der Waals surface area contributed by atoms with E-state index in [2.05, 4.69) is 10.1 Å². The molecule has 7 heteroatoms. The van der Waals surface area contributed by atoms with Gasteiger partial charge in [0.2, 0.25) is 0 Å². The van der Waals surface area contributed by atoms with Crippen molar-refractivity contribution in [3.63, 3.8) is 0 Å². The SMILES string of the molecule is Cc1cc(Cn2c(C(C)Cl)nc3c(F)cc(F)cc32)no1. The van der Waals surface area contributed by atoms with Gasteiger partial charge in [0.1, 0.15) is 28.6 Å². The average Bonchev–Trinajstić information content (AvgIpc) is 2.95. The molecule has 0 aliphatic rings. The van der Waals surface area contributed by atoms with Gasteiger partial charge in [-0.15, -0.1) is 11.6 Å². The summed E-state index contributed by atoms with van der Waals surface area (Å²) in [6, 6.07) is 3.80. The Hall–Kier alpha value is -1.95. The van der Waals surface area contributed by atoms with Gasteiger partial charge >= 0.3 is 0 Å². The highest BCUT2D eigenvalue weighted by Crippen LogP contribution is 2.27. The van der Waals surface area contributed by atoms with E-state index in [0.29, 0.717) is 22.8 Å². The molecule has 4 nitrogen and oxygen atoms in total. The minimum absolute atomic E-state index is 0.0964. The summed E-state index contributed by atoms with van der Waals surface area (Å²) in [5.41, 5.74) is 1.07. The van der Waals surface area contributed by atoms with Crippen LogP contribution in [-0.4, -0.2) is 14.7 Å². The van der Waals surface area contributed by atoms with Crippen LogP contribution in [0.4, 0.5) is 8.78 Å². The fourth-order valence-electron chi connectivity index (χ4n) is 2.29. The standard InChI is InChI=1S/C14H12ClF2N3O/c1-7-3-10(19-21-7)6-20-12-5-9(16)4-11(17)13(12)18-14(20)8(2)15/h3-5,8H,6H2,1-2H3. The van der Waals surface area contributed by atoms with E-state index < -0.39 is 17.0 Å². The third-order valence-corrected chi connectivity index (χ3v) is 3.35. The highest BCUT2D eigenvalue weighted by molar-refractivity contribution is 6.20. The van der Waals surface area contributed by atoms with Crippen LogP contribution in [0.5, 0.6) is 0 Å². The molecule has 2 aromatic heterocycles. The van der Waals surface area contributed by atoms with E-state index in [0.717, 1.165) is 6.07 Å². The maximum absolute atomic E-state index is 13.9. The van der Waals surface area contributed by atoms with E-state index in [1.54, 1.807) is 24.5 Å². The fraction of sp³-hybridized carbons (Fsp3) is 0.286. The van der Waals surface area contributed by atoms with Crippen molar-refractivity contribution in [1.29, 1.82) is 0 Å². The van der Waals surface area contributed by atoms with Gasteiger partial charge in [0.15, 0.2) is 5.82 Å². The number of aromatic nitrogens is 3. The predicted octanol–water partition coefficient (Wildman–Crippen LogP) is 3.96. The van der Waals surface area contributed by atoms with E-state index >= 15 is 0 Å². The Bertz CT molecular complexity index is 810. The van der Waals surface area contributed by atoms with Crippen LogP contribution in [-0.2, 0) is 6.54 Å². The van der Waals surface area contributed by atoms with Crippen LogP contribution < -0.4 is 0 Å². The Balaban J connectivity index is 2.20. The lowest BCUT2D eigenvalue weighted by Gasteiger charge is -2.08. The molecule has 0 spiro atoms. The number of rotatable bonds is 3. The molecule has 3 aromatic rings. The van der Waals surface area contributed by atoms with Crippen LogP contribution in [0.2, 0.25) is 0 Å². The molecule has 1 atom stereocenters. The molecule has 0 saturated carbocycles. The second-order valence-electron chi connectivity index (χ2n) is 4.86. The zero-order chi connectivity index (χ0) is 15.1. The van der Waals surface area contributed by atoms with E-state index in [1.807, 2.05) is 0 Å². The largest absolute Gasteiger partial charge is 0.361 e. The minimum Gasteiger partial charge on any atom is -0.361 e. The van der Waals surface area contributed by atoms with Crippen LogP contribution in [0.1, 0.15) is 29.6 Å². The number of imidazole rings is 1. The van der Waals surface area contributed by atoms with Crippen molar-refractivity contribution in [2.45, 2.75) is 25.8 Å². The van der Waals surface area contributed by atoms with Crippen molar-refractivity contribution >= 4 is 22.6 Å². The van der Waals surface area contributed by atoms with Crippen LogP contribution >= 0.6 is 11.6 Å². The summed E-state index contributed by atoms with van der Waals surface area (Å²) in [4.78, 5) is 4.19. The first kappa shape index (κ1) is 14.0. The van der Waals surface area contributed by atoms with Gasteiger partial charge in [0.25, 0.3) is 0 Å². The lowest BCUT2D eigenvalue weighted by molar-refractivity contribution is 0.389. The number of nitrogens with zero attached hydrogens (tertiary/aromatic N) is 3. The summed E-state index contributed by atoms with van der Waals surface area (Å²) in [5.74, 6) is -0.256. The monoisotopic (exact) mass is 311 g/mol. The third-order valence-electron chi connectivity index (χ3n) is 3.15. The molecule has 110 valence electrons. The molecule has 0 saturated heterocycles. The number of alkyl halides is 1. The molecular weight excluding hydrogens is 300 g/mol. The minimum atomic E-state index is -0.710. The smallest absolute Gasteiger partial charge is 0.153 e. The number of hydrogen-bond donors (Lipinski definition) is 0. The van der Waals surface area contributed by atoms with Crippen LogP contribution in [0.15, 0.2) is 22.7 Å². The van der Waals surface area contributed by atoms with Gasteiger partial charge in [0, 0.05) is 12.1 Å². The lowest BCUT2D eigenvalue weighted by atomic mass is 10.3. The Morgan fingerprint density at radius 1 is 1.33 bits per heavy atom. The first-order valence-corrected chi connectivity index (χ1v) is 6.81. The fourth-order valence-corrected chi connectivity index (χ4v) is 2.46. The number of halogens is 3. The molecule has 0 fully saturated rings. The van der Waals surface area contributed by atoms with Crippen molar-refractivity contribution in [3.8, 4) is 0 Å². The molecule has 2 heterocycles. The average molecular weight is 312 g/mol. The normalized spacial score (nSPS) is 13.0. The Labute approximate surface area is 124 Å². The van der Waals surface area contributed by atoms with E-state index in [4.69, 9.17) is 16.1 Å². The summed E-state index contributed by atoms with van der Waals surface area (Å²) in [5, 5.41) is 3.44. The summed E-state index contributed by atoms with van der Waals surface area (Å²) in [6.45, 7) is 3.78. The molecule has 0 aliphatic heterocycles. The molecule has 0 amide bonds. The second-order valence-corrected chi connectivity index (χ2v) is 5.51. The van der Waals surface area contributed by atoms with Crippen LogP contribution in [0.25, 0.3) is 11.0 Å². The molecule has 0 radical (unpaired) electrons. The van der Waals surface area contributed by atoms with Gasteiger partial charge in [-0.1, -0.05) is 5.16 Å². The highest BCUT2D eigenvalue weighted by Gasteiger charge is 2.19. The molecule has 0 N–H and O–H groups in total. The van der Waals surface area contributed by atoms with Gasteiger partial charge < -0.3 is 9.09 Å². The predicted molar refractivity (Wildman–Crippen MR) is 74.3 cm³/mol. The molecule has 3 rings (SSSR count). The maximum atomic E-state index is 13.9. The van der Waals surface area contributed by atoms with Gasteiger partial charge in [-0.25, -0.2) is 13.8 Å². The van der Waals surface area contributed by atoms with E-state index in [1.165, 1.54) is 6.07 Å². The third kappa shape index (κ3) is 2.51. The summed E-state index contributed by atoms with van der Waals surface area (Å²) < 4.78 is 34.0. The van der Waals surface area contributed by atoms with Crippen LogP contribution in [0.3, 0.4) is 0 Å². The van der Waals surface area contributed by atoms with E-state index in [-0.39, 0.29) is 12.1 Å². The Kier molecular flexibility index (Phi) is 3.41. The molecule has 0 aliphatic carbocycles. The van der Waals surface area contributed by atoms with Crippen molar-refractivity contribution in [2.75, 3.05) is 0 Å². The van der Waals surface area contributed by atoms with Gasteiger partial charge in [-0.05, 0) is 19.9 Å². The zero-order valence-electron chi connectivity index (χ0n) is 11.4. The summed E-state index contributed by atoms with van der Waals surface area (Å²) in [7, 11) is 0. The lowest BCUT2D eigenvalue weighted by Crippen LogP contribution is -2.06. The topological polar surface area (TPSA) is 43.9 Å². The van der Waals surface area contributed by atoms with Gasteiger partial charge in [-0.3, -0.25) is 0 Å². The number of hydrogen-bond acceptors (Lipinski definition) is 3. The van der Waals surface area contributed by atoms with Crippen molar-refractivity contribution in [1.82, 2.24) is 14.7 Å². The number of aryl methyl sites for hydroxylation is 1. The molecule has 1 unspecified atom stereocenters. The van der Waals surface area contributed by atoms with Crippen molar-refractivity contribution in [3.05, 3.63) is 47.1 Å². The second kappa shape index (κ2) is 5.11. The first-order valence-electron chi connectivity index (χ1n) is 6.37. The molecule has 0 bridgehead atoms. The summed E-state index contributed by atoms with van der Waals surface area (Å²) >= 11 is 6.10. The van der Waals surface area contributed by atoms with Crippen LogP contribution in [0, 0.1) is 18.6 Å².